The number of halogens is 1. The molecule has 0 aliphatic carbocycles. The molecule has 2 aromatic carbocycles. The second-order valence-corrected chi connectivity index (χ2v) is 4.48. The van der Waals surface area contributed by atoms with Crippen molar-refractivity contribution >= 4 is 11.7 Å². The minimum absolute atomic E-state index is 0.400. The predicted molar refractivity (Wildman–Crippen MR) is 76.2 cm³/mol. The van der Waals surface area contributed by atoms with Crippen LogP contribution in [0.2, 0.25) is 0 Å². The Morgan fingerprint density at radius 1 is 1.25 bits per heavy atom. The minimum atomic E-state index is -0.991. The number of benzene rings is 2. The van der Waals surface area contributed by atoms with Gasteiger partial charge in [-0.25, -0.2) is 9.18 Å². The maximum atomic E-state index is 13.2. The molecule has 2 aromatic rings. The van der Waals surface area contributed by atoms with Crippen LogP contribution in [0, 0.1) is 5.82 Å². The monoisotopic (exact) mass is 273 g/mol. The van der Waals surface area contributed by atoms with E-state index in [0.29, 0.717) is 11.3 Å². The molecule has 0 heterocycles. The lowest BCUT2D eigenvalue weighted by Gasteiger charge is -2.19. The average Bonchev–Trinajstić information content (AvgIpc) is 2.44. The van der Waals surface area contributed by atoms with Gasteiger partial charge >= 0.3 is 5.97 Å². The fraction of sp³-hybridized carbons (Fsp3) is 0.188. The van der Waals surface area contributed by atoms with Crippen LogP contribution in [0.3, 0.4) is 0 Å². The number of carboxylic acids is 1. The summed E-state index contributed by atoms with van der Waals surface area (Å²) in [4.78, 5) is 11.5. The number of aryl methyl sites for hydroxylation is 1. The Hall–Kier alpha value is -2.36. The van der Waals surface area contributed by atoms with E-state index in [0.717, 1.165) is 12.0 Å². The molecule has 104 valence electrons. The number of hydrogen-bond donors (Lipinski definition) is 2. The zero-order valence-corrected chi connectivity index (χ0v) is 11.1. The van der Waals surface area contributed by atoms with Crippen molar-refractivity contribution in [3.8, 4) is 0 Å². The second kappa shape index (κ2) is 6.19. The molecule has 0 aliphatic heterocycles. The predicted octanol–water partition coefficient (Wildman–Crippen LogP) is 3.63. The van der Waals surface area contributed by atoms with Crippen molar-refractivity contribution in [2.75, 3.05) is 5.32 Å². The van der Waals surface area contributed by atoms with Gasteiger partial charge in [0.25, 0.3) is 0 Å². The van der Waals surface area contributed by atoms with E-state index >= 15 is 0 Å². The van der Waals surface area contributed by atoms with Gasteiger partial charge in [-0.1, -0.05) is 37.3 Å². The first kappa shape index (κ1) is 14.1. The van der Waals surface area contributed by atoms with E-state index in [4.69, 9.17) is 0 Å². The van der Waals surface area contributed by atoms with Crippen LogP contribution in [-0.2, 0) is 11.2 Å². The Morgan fingerprint density at radius 3 is 2.65 bits per heavy atom. The highest BCUT2D eigenvalue weighted by Gasteiger charge is 2.21. The van der Waals surface area contributed by atoms with E-state index < -0.39 is 17.8 Å². The van der Waals surface area contributed by atoms with Crippen LogP contribution < -0.4 is 5.32 Å². The number of carbonyl (C=O) groups is 1. The van der Waals surface area contributed by atoms with Crippen molar-refractivity contribution in [1.29, 1.82) is 0 Å². The number of aliphatic carboxylic acids is 1. The van der Waals surface area contributed by atoms with Gasteiger partial charge in [0.1, 0.15) is 5.82 Å². The first-order valence-corrected chi connectivity index (χ1v) is 6.44. The highest BCUT2D eigenvalue weighted by Crippen LogP contribution is 2.24. The molecule has 20 heavy (non-hydrogen) atoms. The van der Waals surface area contributed by atoms with Gasteiger partial charge in [-0.2, -0.15) is 0 Å². The highest BCUT2D eigenvalue weighted by atomic mass is 19.1. The number of nitrogens with one attached hydrogen (secondary N) is 1. The molecule has 0 aliphatic rings. The second-order valence-electron chi connectivity index (χ2n) is 4.48. The van der Waals surface area contributed by atoms with Gasteiger partial charge in [0.15, 0.2) is 6.04 Å². The highest BCUT2D eigenvalue weighted by molar-refractivity contribution is 5.79. The van der Waals surface area contributed by atoms with Crippen LogP contribution in [0.15, 0.2) is 48.5 Å². The van der Waals surface area contributed by atoms with Gasteiger partial charge in [-0.15, -0.1) is 0 Å². The van der Waals surface area contributed by atoms with Crippen molar-refractivity contribution < 1.29 is 14.3 Å². The number of rotatable bonds is 5. The summed E-state index contributed by atoms with van der Waals surface area (Å²) in [6, 6.07) is 12.3. The van der Waals surface area contributed by atoms with Crippen LogP contribution in [0.5, 0.6) is 0 Å². The molecular formula is C16H16FNO2. The Morgan fingerprint density at radius 2 is 2.00 bits per heavy atom. The molecule has 0 saturated heterocycles. The van der Waals surface area contributed by atoms with Crippen molar-refractivity contribution in [3.63, 3.8) is 0 Å². The first-order valence-electron chi connectivity index (χ1n) is 6.44. The van der Waals surface area contributed by atoms with Crippen LogP contribution >= 0.6 is 0 Å². The number of carboxylic acid groups (broad SMARTS) is 1. The fourth-order valence-electron chi connectivity index (χ4n) is 2.16. The fourth-order valence-corrected chi connectivity index (χ4v) is 2.16. The summed E-state index contributed by atoms with van der Waals surface area (Å²) in [5.74, 6) is -1.39. The lowest BCUT2D eigenvalue weighted by atomic mass is 9.98. The summed E-state index contributed by atoms with van der Waals surface area (Å²) in [6.07, 6.45) is 0.741. The van der Waals surface area contributed by atoms with E-state index in [1.54, 1.807) is 24.3 Å². The summed E-state index contributed by atoms with van der Waals surface area (Å²) in [7, 11) is 0. The molecule has 0 spiro atoms. The molecule has 0 amide bonds. The molecule has 0 saturated carbocycles. The van der Waals surface area contributed by atoms with Crippen LogP contribution in [0.4, 0.5) is 10.1 Å². The Labute approximate surface area is 117 Å². The summed E-state index contributed by atoms with van der Waals surface area (Å²) < 4.78 is 13.2. The molecule has 3 nitrogen and oxygen atoms in total. The van der Waals surface area contributed by atoms with Crippen molar-refractivity contribution in [1.82, 2.24) is 0 Å². The van der Waals surface area contributed by atoms with E-state index in [9.17, 15) is 14.3 Å². The summed E-state index contributed by atoms with van der Waals surface area (Å²) in [5, 5.41) is 12.3. The standard InChI is InChI=1S/C16H16FNO2/c1-2-11-6-3-4-9-14(11)15(16(19)20)18-13-8-5-7-12(17)10-13/h3-10,15,18H,2H2,1H3,(H,19,20). The molecular weight excluding hydrogens is 257 g/mol. The summed E-state index contributed by atoms with van der Waals surface area (Å²) in [5.41, 5.74) is 2.11. The Bertz CT molecular complexity index is 613. The Balaban J connectivity index is 2.34. The largest absolute Gasteiger partial charge is 0.479 e. The topological polar surface area (TPSA) is 49.3 Å². The van der Waals surface area contributed by atoms with Gasteiger partial charge in [0, 0.05) is 5.69 Å². The normalized spacial score (nSPS) is 11.9. The van der Waals surface area contributed by atoms with Gasteiger partial charge in [0.2, 0.25) is 0 Å². The number of anilines is 1. The van der Waals surface area contributed by atoms with Gasteiger partial charge in [0.05, 0.1) is 0 Å². The molecule has 4 heteroatoms. The van der Waals surface area contributed by atoms with Crippen LogP contribution in [0.25, 0.3) is 0 Å². The summed E-state index contributed by atoms with van der Waals surface area (Å²) >= 11 is 0. The van der Waals surface area contributed by atoms with Crippen molar-refractivity contribution in [2.45, 2.75) is 19.4 Å². The lowest BCUT2D eigenvalue weighted by Crippen LogP contribution is -2.21. The SMILES string of the molecule is CCc1ccccc1C(Nc1cccc(F)c1)C(=O)O. The third kappa shape index (κ3) is 3.15. The van der Waals surface area contributed by atoms with Gasteiger partial charge in [-0.3, -0.25) is 0 Å². The molecule has 0 fully saturated rings. The first-order chi connectivity index (χ1) is 9.61. The van der Waals surface area contributed by atoms with Crippen LogP contribution in [0.1, 0.15) is 24.1 Å². The third-order valence-corrected chi connectivity index (χ3v) is 3.13. The lowest BCUT2D eigenvalue weighted by molar-refractivity contribution is -0.138. The zero-order valence-electron chi connectivity index (χ0n) is 11.1. The minimum Gasteiger partial charge on any atom is -0.479 e. The van der Waals surface area contributed by atoms with Crippen LogP contribution in [-0.4, -0.2) is 11.1 Å². The van der Waals surface area contributed by atoms with E-state index in [1.165, 1.54) is 12.1 Å². The summed E-state index contributed by atoms with van der Waals surface area (Å²) in [6.45, 7) is 1.97. The van der Waals surface area contributed by atoms with Gasteiger partial charge < -0.3 is 10.4 Å². The Kier molecular flexibility index (Phi) is 4.35. The quantitative estimate of drug-likeness (QED) is 0.874. The molecule has 2 rings (SSSR count). The molecule has 0 radical (unpaired) electrons. The smallest absolute Gasteiger partial charge is 0.330 e. The average molecular weight is 273 g/mol. The third-order valence-electron chi connectivity index (χ3n) is 3.13. The van der Waals surface area contributed by atoms with E-state index in [2.05, 4.69) is 5.32 Å². The van der Waals surface area contributed by atoms with E-state index in [1.807, 2.05) is 19.1 Å². The molecule has 0 aromatic heterocycles. The van der Waals surface area contributed by atoms with Crippen molar-refractivity contribution in [2.24, 2.45) is 0 Å². The molecule has 0 bridgehead atoms. The molecule has 2 N–H and O–H groups in total. The molecule has 1 atom stereocenters. The van der Waals surface area contributed by atoms with E-state index in [-0.39, 0.29) is 0 Å². The van der Waals surface area contributed by atoms with Crippen molar-refractivity contribution in [3.05, 3.63) is 65.5 Å². The maximum Gasteiger partial charge on any atom is 0.330 e. The zero-order chi connectivity index (χ0) is 14.5. The maximum absolute atomic E-state index is 13.2. The van der Waals surface area contributed by atoms with Gasteiger partial charge in [-0.05, 0) is 35.7 Å². The molecule has 1 unspecified atom stereocenters. The number of hydrogen-bond acceptors (Lipinski definition) is 2.